The highest BCUT2D eigenvalue weighted by molar-refractivity contribution is 7.80. The van der Waals surface area contributed by atoms with Gasteiger partial charge in [0.15, 0.2) is 16.7 Å². The Morgan fingerprint density at radius 1 is 1.00 bits per heavy atom. The van der Waals surface area contributed by atoms with E-state index in [1.165, 1.54) is 12.1 Å². The number of fused-ring (bicyclic) bond motifs is 1. The summed E-state index contributed by atoms with van der Waals surface area (Å²) in [4.78, 5) is 17.8. The molecule has 7 nitrogen and oxygen atoms in total. The molecule has 0 saturated heterocycles. The molecule has 2 aromatic heterocycles. The fraction of sp³-hybridized carbons (Fsp3) is 0.182. The third kappa shape index (κ3) is 8.20. The molecule has 0 unspecified atom stereocenters. The van der Waals surface area contributed by atoms with E-state index in [4.69, 9.17) is 21.7 Å². The van der Waals surface area contributed by atoms with Gasteiger partial charge in [0.2, 0.25) is 5.91 Å². The van der Waals surface area contributed by atoms with Crippen LogP contribution < -0.4 is 20.7 Å². The zero-order valence-corrected chi connectivity index (χ0v) is 25.4. The smallest absolute Gasteiger partial charge is 0.230 e. The van der Waals surface area contributed by atoms with E-state index < -0.39 is 5.82 Å². The molecule has 3 aromatic carbocycles. The topological polar surface area (TPSA) is 84.5 Å². The number of carbonyl (C=O) groups excluding carboxylic acids is 1. The number of anilines is 1. The lowest BCUT2D eigenvalue weighted by Crippen LogP contribution is -2.35. The summed E-state index contributed by atoms with van der Waals surface area (Å²) in [5, 5.41) is 9.02. The van der Waals surface area contributed by atoms with Crippen LogP contribution in [0, 0.1) is 5.82 Å². The van der Waals surface area contributed by atoms with Gasteiger partial charge in [-0.2, -0.15) is 0 Å². The lowest BCUT2D eigenvalue weighted by Gasteiger charge is -2.13. The molecular formula is C33H31FN4O3S2. The number of ether oxygens (including phenoxy) is 2. The molecule has 10 heteroatoms. The van der Waals surface area contributed by atoms with Crippen molar-refractivity contribution in [2.45, 2.75) is 25.9 Å². The minimum Gasteiger partial charge on any atom is -0.453 e. The summed E-state index contributed by atoms with van der Waals surface area (Å²) in [7, 11) is 1.70. The number of amides is 1. The molecule has 3 N–H and O–H groups in total. The third-order valence-corrected chi connectivity index (χ3v) is 7.92. The fourth-order valence-corrected chi connectivity index (χ4v) is 5.76. The lowest BCUT2D eigenvalue weighted by atomic mass is 10.1. The summed E-state index contributed by atoms with van der Waals surface area (Å²) < 4.78 is 27.1. The molecule has 0 aliphatic heterocycles. The summed E-state index contributed by atoms with van der Waals surface area (Å²) in [6, 6.07) is 26.1. The van der Waals surface area contributed by atoms with Gasteiger partial charge < -0.3 is 25.4 Å². The second-order valence-corrected chi connectivity index (χ2v) is 11.4. The Morgan fingerprint density at radius 3 is 2.60 bits per heavy atom. The predicted molar refractivity (Wildman–Crippen MR) is 174 cm³/mol. The van der Waals surface area contributed by atoms with Gasteiger partial charge in [-0.3, -0.25) is 9.78 Å². The second kappa shape index (κ2) is 14.3. The van der Waals surface area contributed by atoms with Gasteiger partial charge in [0.1, 0.15) is 5.75 Å². The van der Waals surface area contributed by atoms with E-state index in [1.54, 1.807) is 36.8 Å². The standard InChI is InChI=1S/C33H31FN4O3S2/c1-21(20-40-2)36-19-23-9-6-10-24(15-23)30-18-27-32(43-30)29(13-14-35-27)41-28-12-11-25(17-26(28)34)37-33(42)38-31(39)16-22-7-4-3-5-8-22/h3-15,17-18,21,36H,16,19-20H2,1-2H3,(H2,37,38,39,42)/t21-/m0/s1. The van der Waals surface area contributed by atoms with Crippen LogP contribution in [0.2, 0.25) is 0 Å². The van der Waals surface area contributed by atoms with E-state index >= 15 is 4.39 Å². The summed E-state index contributed by atoms with van der Waals surface area (Å²) in [6.45, 7) is 3.46. The summed E-state index contributed by atoms with van der Waals surface area (Å²) in [6.07, 6.45) is 1.83. The highest BCUT2D eigenvalue weighted by Crippen LogP contribution is 2.40. The number of nitrogens with one attached hydrogen (secondary N) is 3. The summed E-state index contributed by atoms with van der Waals surface area (Å²) >= 11 is 6.78. The molecule has 0 radical (unpaired) electrons. The van der Waals surface area contributed by atoms with Gasteiger partial charge >= 0.3 is 0 Å². The largest absolute Gasteiger partial charge is 0.453 e. The van der Waals surface area contributed by atoms with E-state index in [-0.39, 0.29) is 29.2 Å². The van der Waals surface area contributed by atoms with Crippen LogP contribution in [0.25, 0.3) is 20.7 Å². The maximum Gasteiger partial charge on any atom is 0.230 e. The monoisotopic (exact) mass is 614 g/mol. The van der Waals surface area contributed by atoms with Gasteiger partial charge in [-0.05, 0) is 60.1 Å². The lowest BCUT2D eigenvalue weighted by molar-refractivity contribution is -0.119. The first-order chi connectivity index (χ1) is 20.9. The van der Waals surface area contributed by atoms with Crippen LogP contribution in [0.4, 0.5) is 10.1 Å². The first kappa shape index (κ1) is 30.2. The van der Waals surface area contributed by atoms with E-state index in [0.29, 0.717) is 18.0 Å². The predicted octanol–water partition coefficient (Wildman–Crippen LogP) is 7.07. The van der Waals surface area contributed by atoms with Crippen molar-refractivity contribution in [3.05, 3.63) is 108 Å². The van der Waals surface area contributed by atoms with E-state index in [2.05, 4.69) is 46.1 Å². The maximum atomic E-state index is 15.1. The molecule has 0 fully saturated rings. The molecule has 0 saturated carbocycles. The number of thiocarbonyl (C=S) groups is 1. The third-order valence-electron chi connectivity index (χ3n) is 6.53. The van der Waals surface area contributed by atoms with Crippen molar-refractivity contribution in [2.24, 2.45) is 0 Å². The highest BCUT2D eigenvalue weighted by atomic mass is 32.1. The van der Waals surface area contributed by atoms with Gasteiger partial charge in [0.25, 0.3) is 0 Å². The van der Waals surface area contributed by atoms with Crippen LogP contribution in [0.1, 0.15) is 18.1 Å². The van der Waals surface area contributed by atoms with Crippen molar-refractivity contribution in [1.82, 2.24) is 15.6 Å². The number of benzene rings is 3. The number of aromatic nitrogens is 1. The van der Waals surface area contributed by atoms with Crippen LogP contribution in [0.3, 0.4) is 0 Å². The van der Waals surface area contributed by atoms with Gasteiger partial charge in [0, 0.05) is 48.6 Å². The zero-order valence-electron chi connectivity index (χ0n) is 23.7. The average molecular weight is 615 g/mol. The number of hydrogen-bond donors (Lipinski definition) is 3. The molecular weight excluding hydrogens is 584 g/mol. The molecule has 2 heterocycles. The molecule has 43 heavy (non-hydrogen) atoms. The van der Waals surface area contributed by atoms with Crippen molar-refractivity contribution < 1.29 is 18.7 Å². The number of thiophene rings is 1. The molecule has 0 spiro atoms. The molecule has 5 aromatic rings. The van der Waals surface area contributed by atoms with Crippen molar-refractivity contribution in [3.8, 4) is 21.9 Å². The van der Waals surface area contributed by atoms with Crippen molar-refractivity contribution in [1.29, 1.82) is 0 Å². The van der Waals surface area contributed by atoms with Crippen LogP contribution in [0.15, 0.2) is 91.1 Å². The Balaban J connectivity index is 1.25. The first-order valence-electron chi connectivity index (χ1n) is 13.7. The number of hydrogen-bond acceptors (Lipinski definition) is 7. The van der Waals surface area contributed by atoms with E-state index in [0.717, 1.165) is 38.3 Å². The summed E-state index contributed by atoms with van der Waals surface area (Å²) in [5.74, 6) is -0.268. The Morgan fingerprint density at radius 2 is 1.81 bits per heavy atom. The average Bonchev–Trinajstić information content (AvgIpc) is 3.44. The normalized spacial score (nSPS) is 11.7. The Bertz CT molecular complexity index is 1730. The SMILES string of the molecule is COC[C@H](C)NCc1cccc(-c2cc3nccc(Oc4ccc(NC(=S)NC(=O)Cc5ccccc5)cc4F)c3s2)c1. The molecule has 0 aliphatic rings. The minimum absolute atomic E-state index is 0.0604. The second-order valence-electron chi connectivity index (χ2n) is 9.98. The van der Waals surface area contributed by atoms with Crippen LogP contribution in [0.5, 0.6) is 11.5 Å². The molecule has 5 rings (SSSR count). The quantitative estimate of drug-likeness (QED) is 0.137. The summed E-state index contributed by atoms with van der Waals surface area (Å²) in [5.41, 5.74) is 4.26. The highest BCUT2D eigenvalue weighted by Gasteiger charge is 2.14. The number of nitrogens with zero attached hydrogens (tertiary/aromatic N) is 1. The Labute approximate surface area is 259 Å². The molecule has 0 bridgehead atoms. The number of carbonyl (C=O) groups is 1. The van der Waals surface area contributed by atoms with Gasteiger partial charge in [-0.25, -0.2) is 4.39 Å². The molecule has 0 aliphatic carbocycles. The van der Waals surface area contributed by atoms with Gasteiger partial charge in [-0.1, -0.05) is 48.5 Å². The number of rotatable bonds is 11. The van der Waals surface area contributed by atoms with Gasteiger partial charge in [0.05, 0.1) is 23.2 Å². The number of pyridine rings is 1. The van der Waals surface area contributed by atoms with Crippen molar-refractivity contribution in [2.75, 3.05) is 19.0 Å². The van der Waals surface area contributed by atoms with Crippen molar-refractivity contribution in [3.63, 3.8) is 0 Å². The van der Waals surface area contributed by atoms with Crippen LogP contribution in [-0.2, 0) is 22.5 Å². The van der Waals surface area contributed by atoms with Crippen LogP contribution in [-0.4, -0.2) is 35.8 Å². The number of halogens is 1. The van der Waals surface area contributed by atoms with E-state index in [1.807, 2.05) is 42.5 Å². The van der Waals surface area contributed by atoms with Gasteiger partial charge in [-0.15, -0.1) is 11.3 Å². The van der Waals surface area contributed by atoms with Crippen LogP contribution >= 0.6 is 23.6 Å². The zero-order chi connectivity index (χ0) is 30.2. The van der Waals surface area contributed by atoms with E-state index in [9.17, 15) is 4.79 Å². The fourth-order valence-electron chi connectivity index (χ4n) is 4.47. The molecule has 220 valence electrons. The first-order valence-corrected chi connectivity index (χ1v) is 14.9. The maximum absolute atomic E-state index is 15.1. The van der Waals surface area contributed by atoms with Crippen molar-refractivity contribution >= 4 is 50.5 Å². The Kier molecular flexibility index (Phi) is 10.1. The number of methoxy groups -OCH3 is 1. The molecule has 1 amide bonds. The molecule has 1 atom stereocenters. The Hall–Kier alpha value is -4.22. The minimum atomic E-state index is -0.576.